The Balaban J connectivity index is 2.60. The molecule has 2 rings (SSSR count). The molecule has 0 aromatic heterocycles. The zero-order chi connectivity index (χ0) is 21.2. The quantitative estimate of drug-likeness (QED) is 0.415. The van der Waals surface area contributed by atoms with E-state index in [1.54, 1.807) is 0 Å². The Morgan fingerprint density at radius 1 is 0.750 bits per heavy atom. The average molecular weight is 379 g/mol. The summed E-state index contributed by atoms with van der Waals surface area (Å²) in [6, 6.07) is 11.7. The normalized spacial score (nSPS) is 12.9. The van der Waals surface area contributed by atoms with Crippen molar-refractivity contribution in [1.82, 2.24) is 0 Å². The van der Waals surface area contributed by atoms with E-state index in [4.69, 9.17) is 0 Å². The van der Waals surface area contributed by atoms with Gasteiger partial charge in [0, 0.05) is 11.1 Å². The summed E-state index contributed by atoms with van der Waals surface area (Å²) in [5, 5.41) is 0. The van der Waals surface area contributed by atoms with Crippen LogP contribution in [0.25, 0.3) is 0 Å². The third-order valence-electron chi connectivity index (χ3n) is 5.52. The van der Waals surface area contributed by atoms with Gasteiger partial charge in [-0.1, -0.05) is 64.1 Å². The Morgan fingerprint density at radius 2 is 1.07 bits per heavy atom. The number of aryl methyl sites for hydroxylation is 4. The standard InChI is InChI=1S/C26H34O2/c1-16-11-9-12-17(2)21(16)24(27)23(20(5)15-26(6,7)8)25(28)22-18(3)13-10-14-19(22)4/h9-14,20,23H,15H2,1-8H3. The molecule has 0 aliphatic carbocycles. The molecule has 2 aromatic carbocycles. The Labute approximate surface area is 170 Å². The predicted octanol–water partition coefficient (Wildman–Crippen LogP) is 6.67. The second-order valence-corrected chi connectivity index (χ2v) is 9.48. The monoisotopic (exact) mass is 378 g/mol. The maximum atomic E-state index is 13.7. The number of Topliss-reactive ketones (excluding diaryl/α,β-unsaturated/α-hetero) is 2. The van der Waals surface area contributed by atoms with Crippen LogP contribution in [0, 0.1) is 44.9 Å². The van der Waals surface area contributed by atoms with Gasteiger partial charge in [0.1, 0.15) is 0 Å². The fourth-order valence-electron chi connectivity index (χ4n) is 4.44. The maximum absolute atomic E-state index is 13.7. The maximum Gasteiger partial charge on any atom is 0.174 e. The van der Waals surface area contributed by atoms with Crippen molar-refractivity contribution in [2.75, 3.05) is 0 Å². The highest BCUT2D eigenvalue weighted by atomic mass is 16.2. The Hall–Kier alpha value is -2.22. The molecule has 0 N–H and O–H groups in total. The first-order valence-corrected chi connectivity index (χ1v) is 10.1. The van der Waals surface area contributed by atoms with E-state index in [0.717, 1.165) is 28.7 Å². The average Bonchev–Trinajstić information content (AvgIpc) is 2.52. The minimum absolute atomic E-state index is 0.0414. The van der Waals surface area contributed by atoms with E-state index in [0.29, 0.717) is 11.1 Å². The third-order valence-corrected chi connectivity index (χ3v) is 5.52. The van der Waals surface area contributed by atoms with Crippen LogP contribution in [0.3, 0.4) is 0 Å². The molecule has 2 nitrogen and oxygen atoms in total. The molecule has 0 spiro atoms. The van der Waals surface area contributed by atoms with Crippen LogP contribution in [-0.2, 0) is 0 Å². The van der Waals surface area contributed by atoms with Crippen molar-refractivity contribution in [3.05, 3.63) is 69.8 Å². The molecular weight excluding hydrogens is 344 g/mol. The van der Waals surface area contributed by atoms with E-state index >= 15 is 0 Å². The molecule has 2 aromatic rings. The first kappa shape index (κ1) is 22.1. The van der Waals surface area contributed by atoms with Gasteiger partial charge in [-0.3, -0.25) is 9.59 Å². The highest BCUT2D eigenvalue weighted by Gasteiger charge is 2.37. The predicted molar refractivity (Wildman–Crippen MR) is 117 cm³/mol. The molecule has 2 heteroatoms. The van der Waals surface area contributed by atoms with E-state index in [9.17, 15) is 9.59 Å². The van der Waals surface area contributed by atoms with Gasteiger partial charge in [0.05, 0.1) is 5.92 Å². The molecule has 0 aliphatic heterocycles. The molecule has 0 bridgehead atoms. The summed E-state index contributed by atoms with van der Waals surface area (Å²) in [6.07, 6.45) is 0.811. The Kier molecular flexibility index (Phi) is 6.64. The minimum atomic E-state index is -0.668. The van der Waals surface area contributed by atoms with Crippen LogP contribution >= 0.6 is 0 Å². The summed E-state index contributed by atoms with van der Waals surface area (Å²) in [6.45, 7) is 16.3. The number of rotatable bonds is 6. The van der Waals surface area contributed by atoms with Gasteiger partial charge in [-0.2, -0.15) is 0 Å². The highest BCUT2D eigenvalue weighted by molar-refractivity contribution is 6.18. The lowest BCUT2D eigenvalue weighted by molar-refractivity contribution is 0.0732. The molecule has 0 radical (unpaired) electrons. The zero-order valence-electron chi connectivity index (χ0n) is 18.6. The molecule has 0 aliphatic rings. The lowest BCUT2D eigenvalue weighted by Crippen LogP contribution is -2.34. The van der Waals surface area contributed by atoms with Crippen molar-refractivity contribution >= 4 is 11.6 Å². The van der Waals surface area contributed by atoms with Crippen LogP contribution < -0.4 is 0 Å². The van der Waals surface area contributed by atoms with Gasteiger partial charge in [0.2, 0.25) is 0 Å². The molecule has 0 amide bonds. The van der Waals surface area contributed by atoms with Gasteiger partial charge in [-0.05, 0) is 67.7 Å². The van der Waals surface area contributed by atoms with Crippen molar-refractivity contribution in [2.45, 2.75) is 61.8 Å². The van der Waals surface area contributed by atoms with E-state index in [-0.39, 0.29) is 22.9 Å². The first-order valence-electron chi connectivity index (χ1n) is 10.1. The molecule has 150 valence electrons. The molecule has 1 atom stereocenters. The van der Waals surface area contributed by atoms with Gasteiger partial charge < -0.3 is 0 Å². The van der Waals surface area contributed by atoms with Crippen LogP contribution in [0.15, 0.2) is 36.4 Å². The smallest absolute Gasteiger partial charge is 0.174 e. The second-order valence-electron chi connectivity index (χ2n) is 9.48. The van der Waals surface area contributed by atoms with Gasteiger partial charge >= 0.3 is 0 Å². The SMILES string of the molecule is Cc1cccc(C)c1C(=O)C(C(=O)c1c(C)cccc1C)C(C)CC(C)(C)C. The Bertz CT molecular complexity index is 780. The molecule has 1 unspecified atom stereocenters. The molecule has 0 saturated carbocycles. The van der Waals surface area contributed by atoms with Crippen LogP contribution in [0.4, 0.5) is 0 Å². The molecule has 0 saturated heterocycles. The summed E-state index contributed by atoms with van der Waals surface area (Å²) in [4.78, 5) is 27.5. The number of carbonyl (C=O) groups is 2. The molecule has 0 heterocycles. The van der Waals surface area contributed by atoms with E-state index in [1.165, 1.54) is 0 Å². The summed E-state index contributed by atoms with van der Waals surface area (Å²) in [7, 11) is 0. The first-order chi connectivity index (χ1) is 12.9. The fraction of sp³-hybridized carbons (Fsp3) is 0.462. The van der Waals surface area contributed by atoms with Crippen molar-refractivity contribution in [3.63, 3.8) is 0 Å². The highest BCUT2D eigenvalue weighted by Crippen LogP contribution is 2.34. The minimum Gasteiger partial charge on any atom is -0.293 e. The zero-order valence-corrected chi connectivity index (χ0v) is 18.6. The van der Waals surface area contributed by atoms with Crippen molar-refractivity contribution in [3.8, 4) is 0 Å². The van der Waals surface area contributed by atoms with Gasteiger partial charge in [-0.15, -0.1) is 0 Å². The third kappa shape index (κ3) is 4.79. The van der Waals surface area contributed by atoms with Gasteiger partial charge in [0.25, 0.3) is 0 Å². The van der Waals surface area contributed by atoms with Gasteiger partial charge in [0.15, 0.2) is 11.6 Å². The number of hydrogen-bond acceptors (Lipinski definition) is 2. The molecule has 0 fully saturated rings. The fourth-order valence-corrected chi connectivity index (χ4v) is 4.44. The van der Waals surface area contributed by atoms with E-state index in [1.807, 2.05) is 71.0 Å². The van der Waals surface area contributed by atoms with Gasteiger partial charge in [-0.25, -0.2) is 0 Å². The van der Waals surface area contributed by atoms with Crippen LogP contribution in [0.1, 0.15) is 77.1 Å². The van der Waals surface area contributed by atoms with Crippen molar-refractivity contribution in [1.29, 1.82) is 0 Å². The largest absolute Gasteiger partial charge is 0.293 e. The summed E-state index contributed by atoms with van der Waals surface area (Å²) in [5.74, 6) is -0.795. The van der Waals surface area contributed by atoms with E-state index in [2.05, 4.69) is 20.8 Å². The van der Waals surface area contributed by atoms with Crippen LogP contribution in [-0.4, -0.2) is 11.6 Å². The number of hydrogen-bond donors (Lipinski definition) is 0. The van der Waals surface area contributed by atoms with Crippen LogP contribution in [0.5, 0.6) is 0 Å². The summed E-state index contributed by atoms with van der Waals surface area (Å²) in [5.41, 5.74) is 5.19. The topological polar surface area (TPSA) is 34.1 Å². The summed E-state index contributed by atoms with van der Waals surface area (Å²) < 4.78 is 0. The van der Waals surface area contributed by atoms with Crippen LogP contribution in [0.2, 0.25) is 0 Å². The lowest BCUT2D eigenvalue weighted by atomic mass is 9.72. The van der Waals surface area contributed by atoms with Crippen molar-refractivity contribution < 1.29 is 9.59 Å². The van der Waals surface area contributed by atoms with E-state index < -0.39 is 5.92 Å². The Morgan fingerprint density at radius 3 is 1.36 bits per heavy atom. The summed E-state index contributed by atoms with van der Waals surface area (Å²) >= 11 is 0. The molecule has 28 heavy (non-hydrogen) atoms. The number of benzene rings is 2. The molecular formula is C26H34O2. The lowest BCUT2D eigenvalue weighted by Gasteiger charge is -2.29. The number of ketones is 2. The second kappa shape index (κ2) is 8.43. The van der Waals surface area contributed by atoms with Crippen molar-refractivity contribution in [2.24, 2.45) is 17.3 Å². The number of carbonyl (C=O) groups excluding carboxylic acids is 2.